The Morgan fingerprint density at radius 3 is 2.27 bits per heavy atom. The lowest BCUT2D eigenvalue weighted by Gasteiger charge is -2.37. The van der Waals surface area contributed by atoms with E-state index in [1.807, 2.05) is 0 Å². The third kappa shape index (κ3) is 3.22. The Morgan fingerprint density at radius 2 is 1.68 bits per heavy atom. The number of rotatable bonds is 1. The van der Waals surface area contributed by atoms with Crippen LogP contribution in [0.15, 0.2) is 12.1 Å². The summed E-state index contributed by atoms with van der Waals surface area (Å²) in [6.45, 7) is 7.13. The fourth-order valence-electron chi connectivity index (χ4n) is 3.43. The molecule has 1 aromatic rings. The van der Waals surface area contributed by atoms with Crippen molar-refractivity contribution in [2.45, 2.75) is 51.0 Å². The molecule has 0 N–H and O–H groups in total. The zero-order valence-electron chi connectivity index (χ0n) is 13.9. The number of benzene rings is 1. The number of thioether (sulfide) groups is 2. The molecule has 1 fully saturated rings. The monoisotopic (exact) mass is 330 g/mol. The summed E-state index contributed by atoms with van der Waals surface area (Å²) in [7, 11) is 0. The van der Waals surface area contributed by atoms with Gasteiger partial charge in [0.15, 0.2) is 0 Å². The molecule has 1 saturated heterocycles. The van der Waals surface area contributed by atoms with E-state index in [9.17, 15) is 0 Å². The van der Waals surface area contributed by atoms with E-state index >= 15 is 0 Å². The lowest BCUT2D eigenvalue weighted by atomic mass is 9.83. The van der Waals surface area contributed by atoms with Crippen LogP contribution >= 0.6 is 23.5 Å². The molecule has 0 bridgehead atoms. The molecule has 0 spiro atoms. The summed E-state index contributed by atoms with van der Waals surface area (Å²) in [5.74, 6) is 6.29. The minimum absolute atomic E-state index is 0.428. The van der Waals surface area contributed by atoms with Gasteiger partial charge >= 0.3 is 0 Å². The average molecular weight is 331 g/mol. The molecule has 0 atom stereocenters. The van der Waals surface area contributed by atoms with Gasteiger partial charge in [-0.25, -0.2) is 0 Å². The third-order valence-corrected chi connectivity index (χ3v) is 8.22. The highest BCUT2D eigenvalue weighted by Gasteiger charge is 2.32. The van der Waals surface area contributed by atoms with E-state index in [0.29, 0.717) is 10.00 Å². The van der Waals surface area contributed by atoms with Crippen LogP contribution in [-0.2, 0) is 12.8 Å². The molecule has 0 amide bonds. The van der Waals surface area contributed by atoms with Crippen molar-refractivity contribution in [3.63, 3.8) is 0 Å². The summed E-state index contributed by atoms with van der Waals surface area (Å²) in [5.41, 5.74) is 6.19. The van der Waals surface area contributed by atoms with E-state index < -0.39 is 0 Å². The molecular formula is C20H26S2. The van der Waals surface area contributed by atoms with Gasteiger partial charge in [-0.1, -0.05) is 32.8 Å². The first-order valence-electron chi connectivity index (χ1n) is 8.35. The van der Waals surface area contributed by atoms with E-state index in [1.165, 1.54) is 42.8 Å². The van der Waals surface area contributed by atoms with Gasteiger partial charge in [0.1, 0.15) is 0 Å². The van der Waals surface area contributed by atoms with Crippen molar-refractivity contribution in [3.05, 3.63) is 34.4 Å². The van der Waals surface area contributed by atoms with E-state index in [0.717, 1.165) is 11.5 Å². The first kappa shape index (κ1) is 16.3. The molecule has 118 valence electrons. The molecule has 1 aliphatic carbocycles. The number of fused-ring (bicyclic) bond motifs is 1. The Morgan fingerprint density at radius 1 is 1.05 bits per heavy atom. The van der Waals surface area contributed by atoms with Gasteiger partial charge in [-0.15, -0.1) is 29.9 Å². The molecule has 0 unspecified atom stereocenters. The zero-order valence-corrected chi connectivity index (χ0v) is 15.6. The van der Waals surface area contributed by atoms with Crippen molar-refractivity contribution in [2.24, 2.45) is 11.3 Å². The van der Waals surface area contributed by atoms with Crippen molar-refractivity contribution < 1.29 is 0 Å². The molecule has 1 aliphatic heterocycles. The fraction of sp³-hybridized carbons (Fsp3) is 0.600. The van der Waals surface area contributed by atoms with Gasteiger partial charge in [0.25, 0.3) is 0 Å². The van der Waals surface area contributed by atoms with Crippen LogP contribution in [0.25, 0.3) is 0 Å². The van der Waals surface area contributed by atoms with Crippen LogP contribution in [0.2, 0.25) is 0 Å². The van der Waals surface area contributed by atoms with Gasteiger partial charge < -0.3 is 0 Å². The molecule has 0 aromatic heterocycles. The van der Waals surface area contributed by atoms with Gasteiger partial charge in [0.2, 0.25) is 0 Å². The normalized spacial score (nSPS) is 25.4. The molecule has 3 rings (SSSR count). The average Bonchev–Trinajstić information content (AvgIpc) is 2.53. The molecule has 0 nitrogen and oxygen atoms in total. The summed E-state index contributed by atoms with van der Waals surface area (Å²) < 4.78 is 0.609. The molecule has 1 aromatic carbocycles. The van der Waals surface area contributed by atoms with Crippen LogP contribution in [0.4, 0.5) is 0 Å². The molecule has 1 heterocycles. The highest BCUT2D eigenvalue weighted by Crippen LogP contribution is 2.50. The lowest BCUT2D eigenvalue weighted by molar-refractivity contribution is 0.292. The van der Waals surface area contributed by atoms with Gasteiger partial charge in [0.05, 0.1) is 4.58 Å². The SMILES string of the molecule is C#Cc1ccc(C2SCC(C(C)(C)C)CS2)c2c1CCCC2. The summed E-state index contributed by atoms with van der Waals surface area (Å²) in [5, 5.41) is 0. The van der Waals surface area contributed by atoms with Crippen LogP contribution in [0, 0.1) is 23.7 Å². The van der Waals surface area contributed by atoms with Crippen LogP contribution in [0.1, 0.15) is 60.4 Å². The Balaban J connectivity index is 1.84. The van der Waals surface area contributed by atoms with Crippen molar-refractivity contribution in [1.29, 1.82) is 0 Å². The van der Waals surface area contributed by atoms with Crippen molar-refractivity contribution in [1.82, 2.24) is 0 Å². The quantitative estimate of drug-likeness (QED) is 0.607. The Hall–Kier alpha value is -0.520. The molecular weight excluding hydrogens is 304 g/mol. The second kappa shape index (κ2) is 6.54. The number of hydrogen-bond acceptors (Lipinski definition) is 2. The topological polar surface area (TPSA) is 0 Å². The van der Waals surface area contributed by atoms with E-state index in [2.05, 4.69) is 62.3 Å². The first-order chi connectivity index (χ1) is 10.5. The predicted octanol–water partition coefficient (Wildman–Crippen LogP) is 5.69. The highest BCUT2D eigenvalue weighted by atomic mass is 32.2. The van der Waals surface area contributed by atoms with Gasteiger partial charge in [-0.3, -0.25) is 0 Å². The molecule has 0 saturated carbocycles. The Kier molecular flexibility index (Phi) is 4.86. The number of terminal acetylenes is 1. The summed E-state index contributed by atoms with van der Waals surface area (Å²) in [4.78, 5) is 0. The summed E-state index contributed by atoms with van der Waals surface area (Å²) in [6, 6.07) is 4.51. The molecule has 2 heteroatoms. The smallest absolute Gasteiger partial charge is 0.0754 e. The summed E-state index contributed by atoms with van der Waals surface area (Å²) in [6.07, 6.45) is 10.7. The maximum atomic E-state index is 5.71. The van der Waals surface area contributed by atoms with Crippen LogP contribution in [0.5, 0.6) is 0 Å². The second-order valence-electron chi connectivity index (χ2n) is 7.57. The minimum atomic E-state index is 0.428. The van der Waals surface area contributed by atoms with Crippen molar-refractivity contribution in [2.75, 3.05) is 11.5 Å². The summed E-state index contributed by atoms with van der Waals surface area (Å²) >= 11 is 4.30. The molecule has 2 aliphatic rings. The maximum absolute atomic E-state index is 5.71. The standard InChI is InChI=1S/C20H26S2/c1-5-14-10-11-18(17-9-7-6-8-16(14)17)19-21-12-15(13-22-19)20(2,3)4/h1,10-11,15,19H,6-9,12-13H2,2-4H3. The van der Waals surface area contributed by atoms with E-state index in [4.69, 9.17) is 6.42 Å². The Labute approximate surface area is 144 Å². The largest absolute Gasteiger partial charge is 0.142 e. The minimum Gasteiger partial charge on any atom is -0.142 e. The highest BCUT2D eigenvalue weighted by molar-refractivity contribution is 8.16. The van der Waals surface area contributed by atoms with E-state index in [1.54, 1.807) is 11.1 Å². The molecule has 0 radical (unpaired) electrons. The van der Waals surface area contributed by atoms with Crippen molar-refractivity contribution in [3.8, 4) is 12.3 Å². The van der Waals surface area contributed by atoms with Crippen LogP contribution in [-0.4, -0.2) is 11.5 Å². The first-order valence-corrected chi connectivity index (χ1v) is 10.4. The molecule has 22 heavy (non-hydrogen) atoms. The Bertz CT molecular complexity index is 581. The number of hydrogen-bond donors (Lipinski definition) is 0. The van der Waals surface area contributed by atoms with E-state index in [-0.39, 0.29) is 0 Å². The van der Waals surface area contributed by atoms with Crippen molar-refractivity contribution >= 4 is 23.5 Å². The van der Waals surface area contributed by atoms with Gasteiger partial charge in [-0.05, 0) is 71.3 Å². The predicted molar refractivity (Wildman–Crippen MR) is 102 cm³/mol. The fourth-order valence-corrected chi connectivity index (χ4v) is 7.29. The second-order valence-corrected chi connectivity index (χ2v) is 10.1. The van der Waals surface area contributed by atoms with Crippen LogP contribution in [0.3, 0.4) is 0 Å². The lowest BCUT2D eigenvalue weighted by Crippen LogP contribution is -2.28. The van der Waals surface area contributed by atoms with Gasteiger partial charge in [0, 0.05) is 5.56 Å². The third-order valence-electron chi connectivity index (χ3n) is 5.10. The maximum Gasteiger partial charge on any atom is 0.0754 e. The zero-order chi connectivity index (χ0) is 15.7. The van der Waals surface area contributed by atoms with Crippen LogP contribution < -0.4 is 0 Å². The van der Waals surface area contributed by atoms with Gasteiger partial charge in [-0.2, -0.15) is 0 Å².